The SMILES string of the molecule is CC1(C)OB([C@H]2C[C@@H]2c2ccc(OC(F)F)cc2)OC1(C)C. The van der Waals surface area contributed by atoms with Crippen LogP contribution in [0.5, 0.6) is 5.75 Å². The minimum absolute atomic E-state index is 0.187. The summed E-state index contributed by atoms with van der Waals surface area (Å²) in [4.78, 5) is 0. The van der Waals surface area contributed by atoms with Gasteiger partial charge in [0.25, 0.3) is 0 Å². The summed E-state index contributed by atoms with van der Waals surface area (Å²) < 4.78 is 40.8. The molecule has 2 aliphatic rings. The van der Waals surface area contributed by atoms with Gasteiger partial charge in [-0.3, -0.25) is 0 Å². The summed E-state index contributed by atoms with van der Waals surface area (Å²) in [6.45, 7) is 5.38. The number of halogens is 2. The van der Waals surface area contributed by atoms with Crippen LogP contribution in [0.25, 0.3) is 0 Å². The van der Waals surface area contributed by atoms with Crippen LogP contribution >= 0.6 is 0 Å². The quantitative estimate of drug-likeness (QED) is 0.779. The Kier molecular flexibility index (Phi) is 3.72. The second kappa shape index (κ2) is 5.20. The van der Waals surface area contributed by atoms with E-state index in [0.29, 0.717) is 11.7 Å². The van der Waals surface area contributed by atoms with Crippen LogP contribution in [0, 0.1) is 0 Å². The fraction of sp³-hybridized carbons (Fsp3) is 0.625. The predicted molar refractivity (Wildman–Crippen MR) is 80.3 cm³/mol. The van der Waals surface area contributed by atoms with Gasteiger partial charge in [-0.25, -0.2) is 0 Å². The molecule has 0 bridgehead atoms. The second-order valence-corrected chi connectivity index (χ2v) is 7.08. The molecule has 3 nitrogen and oxygen atoms in total. The number of ether oxygens (including phenoxy) is 1. The molecule has 22 heavy (non-hydrogen) atoms. The molecule has 6 heteroatoms. The first kappa shape index (κ1) is 15.7. The monoisotopic (exact) mass is 310 g/mol. The van der Waals surface area contributed by atoms with E-state index in [0.717, 1.165) is 12.0 Å². The number of alkyl halides is 2. The lowest BCUT2D eigenvalue weighted by molar-refractivity contribution is -0.0498. The van der Waals surface area contributed by atoms with Crippen molar-refractivity contribution in [1.82, 2.24) is 0 Å². The molecule has 0 spiro atoms. The summed E-state index contributed by atoms with van der Waals surface area (Å²) in [5.41, 5.74) is 0.473. The smallest absolute Gasteiger partial charge is 0.435 e. The molecular formula is C16H21BF2O3. The molecule has 0 aromatic heterocycles. The lowest BCUT2D eigenvalue weighted by atomic mass is 9.79. The van der Waals surface area contributed by atoms with Gasteiger partial charge in [0.2, 0.25) is 0 Å². The van der Waals surface area contributed by atoms with Gasteiger partial charge in [0.15, 0.2) is 0 Å². The Labute approximate surface area is 130 Å². The van der Waals surface area contributed by atoms with E-state index in [2.05, 4.69) is 4.74 Å². The van der Waals surface area contributed by atoms with E-state index in [4.69, 9.17) is 9.31 Å². The molecule has 1 aromatic carbocycles. The highest BCUT2D eigenvalue weighted by Crippen LogP contribution is 2.58. The average molecular weight is 310 g/mol. The zero-order valence-corrected chi connectivity index (χ0v) is 13.3. The molecule has 0 unspecified atom stereocenters. The van der Waals surface area contributed by atoms with Crippen LogP contribution in [0.2, 0.25) is 5.82 Å². The lowest BCUT2D eigenvalue weighted by Gasteiger charge is -2.32. The molecule has 2 atom stereocenters. The molecule has 1 aliphatic carbocycles. The topological polar surface area (TPSA) is 27.7 Å². The fourth-order valence-corrected chi connectivity index (χ4v) is 2.86. The molecule has 1 aliphatic heterocycles. The summed E-state index contributed by atoms with van der Waals surface area (Å²) in [7, 11) is -0.202. The standard InChI is InChI=1S/C16H21BF2O3/c1-15(2)16(3,4)22-17(21-15)13-9-12(13)10-5-7-11(8-6-10)20-14(18)19/h5-8,12-14H,9H2,1-4H3/t12-,13+/m1/s1. The maximum Gasteiger partial charge on any atom is 0.461 e. The Morgan fingerprint density at radius 1 is 1.09 bits per heavy atom. The molecule has 120 valence electrons. The second-order valence-electron chi connectivity index (χ2n) is 7.08. The summed E-state index contributed by atoms with van der Waals surface area (Å²) >= 11 is 0. The summed E-state index contributed by atoms with van der Waals surface area (Å²) in [5.74, 6) is 0.866. The third-order valence-corrected chi connectivity index (χ3v) is 4.99. The predicted octanol–water partition coefficient (Wildman–Crippen LogP) is 4.24. The first-order valence-electron chi connectivity index (χ1n) is 7.60. The minimum atomic E-state index is -2.79. The Balaban J connectivity index is 1.63. The Morgan fingerprint density at radius 3 is 2.14 bits per heavy atom. The van der Waals surface area contributed by atoms with Gasteiger partial charge in [0.05, 0.1) is 11.2 Å². The van der Waals surface area contributed by atoms with E-state index in [1.54, 1.807) is 12.1 Å². The van der Waals surface area contributed by atoms with E-state index >= 15 is 0 Å². The number of rotatable bonds is 4. The Morgan fingerprint density at radius 2 is 1.64 bits per heavy atom. The maximum atomic E-state index is 12.1. The summed E-state index contributed by atoms with van der Waals surface area (Å²) in [5, 5.41) is 0. The number of hydrogen-bond acceptors (Lipinski definition) is 3. The van der Waals surface area contributed by atoms with Crippen LogP contribution in [-0.4, -0.2) is 24.9 Å². The molecular weight excluding hydrogens is 289 g/mol. The summed E-state index contributed by atoms with van der Waals surface area (Å²) in [6, 6.07) is 6.85. The molecule has 1 saturated carbocycles. The van der Waals surface area contributed by atoms with Crippen LogP contribution in [0.15, 0.2) is 24.3 Å². The Hall–Kier alpha value is -1.14. The van der Waals surface area contributed by atoms with E-state index in [1.165, 1.54) is 0 Å². The Bertz CT molecular complexity index is 529. The third-order valence-electron chi connectivity index (χ3n) is 4.99. The molecule has 0 N–H and O–H groups in total. The van der Waals surface area contributed by atoms with Crippen molar-refractivity contribution >= 4 is 7.12 Å². The first-order chi connectivity index (χ1) is 10.2. The molecule has 2 fully saturated rings. The molecule has 3 rings (SSSR count). The van der Waals surface area contributed by atoms with Crippen molar-refractivity contribution in [1.29, 1.82) is 0 Å². The van der Waals surface area contributed by atoms with Gasteiger partial charge >= 0.3 is 13.7 Å². The van der Waals surface area contributed by atoms with Crippen LogP contribution in [0.1, 0.15) is 45.6 Å². The van der Waals surface area contributed by atoms with Gasteiger partial charge in [-0.15, -0.1) is 0 Å². The normalized spacial score (nSPS) is 29.0. The highest BCUT2D eigenvalue weighted by molar-refractivity contribution is 6.49. The molecule has 1 aromatic rings. The number of benzene rings is 1. The third kappa shape index (κ3) is 2.86. The highest BCUT2D eigenvalue weighted by Gasteiger charge is 2.59. The van der Waals surface area contributed by atoms with Crippen molar-refractivity contribution in [2.24, 2.45) is 0 Å². The van der Waals surface area contributed by atoms with Gasteiger partial charge in [-0.2, -0.15) is 8.78 Å². The largest absolute Gasteiger partial charge is 0.461 e. The zero-order valence-electron chi connectivity index (χ0n) is 13.3. The van der Waals surface area contributed by atoms with Crippen molar-refractivity contribution in [3.63, 3.8) is 0 Å². The van der Waals surface area contributed by atoms with Crippen molar-refractivity contribution in [3.05, 3.63) is 29.8 Å². The average Bonchev–Trinajstić information content (AvgIpc) is 3.13. The van der Waals surface area contributed by atoms with Gasteiger partial charge in [-0.1, -0.05) is 12.1 Å². The molecule has 0 radical (unpaired) electrons. The molecule has 1 heterocycles. The zero-order chi connectivity index (χ0) is 16.1. The maximum absolute atomic E-state index is 12.1. The van der Waals surface area contributed by atoms with Crippen LogP contribution < -0.4 is 4.74 Å². The van der Waals surface area contributed by atoms with Gasteiger partial charge in [0, 0.05) is 5.82 Å². The van der Waals surface area contributed by atoms with E-state index in [9.17, 15) is 8.78 Å². The van der Waals surface area contributed by atoms with Gasteiger partial charge in [0.1, 0.15) is 5.75 Å². The van der Waals surface area contributed by atoms with Gasteiger partial charge in [-0.05, 0) is 57.7 Å². The van der Waals surface area contributed by atoms with Crippen molar-refractivity contribution in [3.8, 4) is 5.75 Å². The van der Waals surface area contributed by atoms with Gasteiger partial charge < -0.3 is 14.0 Å². The van der Waals surface area contributed by atoms with Crippen LogP contribution in [0.3, 0.4) is 0 Å². The van der Waals surface area contributed by atoms with Crippen molar-refractivity contribution < 1.29 is 22.8 Å². The van der Waals surface area contributed by atoms with Crippen molar-refractivity contribution in [2.45, 2.75) is 63.7 Å². The van der Waals surface area contributed by atoms with E-state index in [1.807, 2.05) is 39.8 Å². The van der Waals surface area contributed by atoms with E-state index < -0.39 is 6.61 Å². The van der Waals surface area contributed by atoms with Crippen LogP contribution in [0.4, 0.5) is 8.78 Å². The van der Waals surface area contributed by atoms with Crippen molar-refractivity contribution in [2.75, 3.05) is 0 Å². The summed E-state index contributed by atoms with van der Waals surface area (Å²) in [6.07, 6.45) is 0.992. The fourth-order valence-electron chi connectivity index (χ4n) is 2.86. The lowest BCUT2D eigenvalue weighted by Crippen LogP contribution is -2.41. The van der Waals surface area contributed by atoms with E-state index in [-0.39, 0.29) is 24.1 Å². The molecule has 0 amide bonds. The number of hydrogen-bond donors (Lipinski definition) is 0. The highest BCUT2D eigenvalue weighted by atomic mass is 19.3. The minimum Gasteiger partial charge on any atom is -0.435 e. The van der Waals surface area contributed by atoms with Crippen LogP contribution in [-0.2, 0) is 9.31 Å². The molecule has 1 saturated heterocycles. The first-order valence-corrected chi connectivity index (χ1v) is 7.60.